The lowest BCUT2D eigenvalue weighted by Crippen LogP contribution is -2.29. The van der Waals surface area contributed by atoms with E-state index >= 15 is 0 Å². The van der Waals surface area contributed by atoms with Gasteiger partial charge in [-0.15, -0.1) is 0 Å². The van der Waals surface area contributed by atoms with Crippen LogP contribution in [-0.2, 0) is 4.28 Å². The molecule has 3 aliphatic rings. The maximum atomic E-state index is 5.46. The van der Waals surface area contributed by atoms with Gasteiger partial charge in [-0.1, -0.05) is 5.16 Å². The fourth-order valence-corrected chi connectivity index (χ4v) is 5.01. The fourth-order valence-electron chi connectivity index (χ4n) is 2.21. The van der Waals surface area contributed by atoms with Crippen molar-refractivity contribution >= 4 is 37.1 Å². The molecule has 0 radical (unpaired) electrons. The van der Waals surface area contributed by atoms with Crippen LogP contribution in [0.2, 0.25) is 0 Å². The third-order valence-corrected chi connectivity index (χ3v) is 5.70. The lowest BCUT2D eigenvalue weighted by molar-refractivity contribution is 0.410. The Morgan fingerprint density at radius 3 is 3.19 bits per heavy atom. The normalized spacial score (nSPS) is 30.9. The van der Waals surface area contributed by atoms with Crippen molar-refractivity contribution in [1.82, 2.24) is 0 Å². The smallest absolute Gasteiger partial charge is 0.118 e. The molecule has 82 valence electrons. The number of furan rings is 1. The van der Waals surface area contributed by atoms with Crippen molar-refractivity contribution in [2.24, 2.45) is 9.55 Å². The molecule has 3 heterocycles. The van der Waals surface area contributed by atoms with Crippen LogP contribution in [0, 0.1) is 0 Å². The molecule has 16 heavy (non-hydrogen) atoms. The molecule has 1 aromatic heterocycles. The Morgan fingerprint density at radius 2 is 2.31 bits per heavy atom. The second kappa shape index (κ2) is 3.24. The first kappa shape index (κ1) is 9.07. The first-order valence-corrected chi connectivity index (χ1v) is 7.50. The second-order valence-electron chi connectivity index (χ2n) is 3.91. The third-order valence-electron chi connectivity index (χ3n) is 2.95. The minimum absolute atomic E-state index is 0.243. The Balaban J connectivity index is 1.74. The predicted molar refractivity (Wildman–Crippen MR) is 66.8 cm³/mol. The monoisotopic (exact) mass is 252 g/mol. The summed E-state index contributed by atoms with van der Waals surface area (Å²) < 4.78 is 15.3. The van der Waals surface area contributed by atoms with Crippen LogP contribution in [0.15, 0.2) is 32.4 Å². The van der Waals surface area contributed by atoms with Crippen LogP contribution >= 0.6 is 20.8 Å². The van der Waals surface area contributed by atoms with Gasteiger partial charge in [0.05, 0.1) is 27.8 Å². The van der Waals surface area contributed by atoms with Crippen LogP contribution in [-0.4, -0.2) is 16.3 Å². The summed E-state index contributed by atoms with van der Waals surface area (Å²) in [5.74, 6) is 1.38. The van der Waals surface area contributed by atoms with Crippen LogP contribution in [0.1, 0.15) is 24.5 Å². The summed E-state index contributed by atoms with van der Waals surface area (Å²) >= 11 is 0. The van der Waals surface area contributed by atoms with Crippen molar-refractivity contribution in [3.8, 4) is 0 Å². The molecule has 1 aromatic rings. The molecule has 1 aliphatic carbocycles. The average molecular weight is 252 g/mol. The van der Waals surface area contributed by atoms with Gasteiger partial charge < -0.3 is 8.70 Å². The number of hydrogen-bond donors (Lipinski definition) is 0. The standard InChI is InChI=1S/C10H8N2O2S2/c1-2-9(13-3-1)6-4-7-10-8(5-6)12-15-16(10)14-11-7/h1-3,6H,4-5H2. The molecule has 4 nitrogen and oxygen atoms in total. The summed E-state index contributed by atoms with van der Waals surface area (Å²) in [5, 5.41) is 4.15. The van der Waals surface area contributed by atoms with E-state index in [0.717, 1.165) is 30.0 Å². The Labute approximate surface area is 98.4 Å². The highest BCUT2D eigenvalue weighted by Gasteiger charge is 2.39. The quantitative estimate of drug-likeness (QED) is 0.438. The highest BCUT2D eigenvalue weighted by molar-refractivity contribution is 8.82. The van der Waals surface area contributed by atoms with Crippen molar-refractivity contribution < 1.29 is 8.70 Å². The highest BCUT2D eigenvalue weighted by atomic mass is 33.1. The minimum atomic E-state index is -0.243. The molecule has 0 bridgehead atoms. The van der Waals surface area contributed by atoms with E-state index in [2.05, 4.69) is 9.55 Å². The van der Waals surface area contributed by atoms with Crippen LogP contribution in [0.4, 0.5) is 0 Å². The number of oxime groups is 1. The Morgan fingerprint density at radius 1 is 1.38 bits per heavy atom. The van der Waals surface area contributed by atoms with E-state index in [1.54, 1.807) is 6.26 Å². The van der Waals surface area contributed by atoms with Gasteiger partial charge in [-0.3, -0.25) is 0 Å². The van der Waals surface area contributed by atoms with Gasteiger partial charge in [0.25, 0.3) is 0 Å². The van der Waals surface area contributed by atoms with E-state index in [-0.39, 0.29) is 9.80 Å². The zero-order chi connectivity index (χ0) is 10.5. The first-order valence-electron chi connectivity index (χ1n) is 5.06. The molecule has 0 N–H and O–H groups in total. The molecule has 1 fully saturated rings. The molecule has 1 saturated carbocycles. The topological polar surface area (TPSA) is 47.1 Å². The second-order valence-corrected chi connectivity index (χ2v) is 6.62. The molecule has 2 unspecified atom stereocenters. The van der Waals surface area contributed by atoms with E-state index in [0.29, 0.717) is 5.92 Å². The van der Waals surface area contributed by atoms with Gasteiger partial charge in [0.15, 0.2) is 0 Å². The van der Waals surface area contributed by atoms with Crippen molar-refractivity contribution in [2.45, 2.75) is 18.8 Å². The summed E-state index contributed by atoms with van der Waals surface area (Å²) in [6.45, 7) is 0. The van der Waals surface area contributed by atoms with Gasteiger partial charge in [0.2, 0.25) is 0 Å². The van der Waals surface area contributed by atoms with E-state index in [1.165, 1.54) is 15.8 Å². The van der Waals surface area contributed by atoms with Crippen LogP contribution in [0.25, 0.3) is 0 Å². The minimum Gasteiger partial charge on any atom is -0.469 e. The molecule has 6 heteroatoms. The lowest BCUT2D eigenvalue weighted by atomic mass is 9.85. The van der Waals surface area contributed by atoms with Gasteiger partial charge in [-0.2, -0.15) is 0 Å². The predicted octanol–water partition coefficient (Wildman–Crippen LogP) is 2.92. The summed E-state index contributed by atoms with van der Waals surface area (Å²) in [6, 6.07) is 3.95. The average Bonchev–Trinajstić information content (AvgIpc) is 3.01. The Bertz CT molecular complexity index is 515. The van der Waals surface area contributed by atoms with E-state index in [4.69, 9.17) is 8.70 Å². The Kier molecular flexibility index (Phi) is 1.84. The summed E-state index contributed by atoms with van der Waals surface area (Å²) in [4.78, 5) is 1.24. The van der Waals surface area contributed by atoms with Gasteiger partial charge in [-0.25, -0.2) is 4.40 Å². The summed E-state index contributed by atoms with van der Waals surface area (Å²) in [5.41, 5.74) is 2.22. The molecule has 0 saturated heterocycles. The summed E-state index contributed by atoms with van der Waals surface area (Å²) in [6.07, 6.45) is 3.57. The number of rotatable bonds is 1. The zero-order valence-electron chi connectivity index (χ0n) is 8.25. The van der Waals surface area contributed by atoms with E-state index < -0.39 is 0 Å². The maximum absolute atomic E-state index is 5.46. The Hall–Kier alpha value is -1.01. The molecule has 0 amide bonds. The highest BCUT2D eigenvalue weighted by Crippen LogP contribution is 2.48. The molecule has 0 spiro atoms. The van der Waals surface area contributed by atoms with Crippen LogP contribution < -0.4 is 0 Å². The number of nitrogens with zero attached hydrogens (tertiary/aromatic N) is 2. The largest absolute Gasteiger partial charge is 0.469 e. The van der Waals surface area contributed by atoms with Crippen LogP contribution in [0.3, 0.4) is 0 Å². The van der Waals surface area contributed by atoms with Crippen molar-refractivity contribution in [3.05, 3.63) is 24.2 Å². The van der Waals surface area contributed by atoms with Crippen molar-refractivity contribution in [1.29, 1.82) is 0 Å². The van der Waals surface area contributed by atoms with Gasteiger partial charge in [0.1, 0.15) is 21.3 Å². The fraction of sp³-hybridized carbons (Fsp3) is 0.300. The van der Waals surface area contributed by atoms with E-state index in [9.17, 15) is 0 Å². The molecule has 0 aromatic carbocycles. The van der Waals surface area contributed by atoms with Crippen LogP contribution in [0.5, 0.6) is 0 Å². The van der Waals surface area contributed by atoms with E-state index in [1.807, 2.05) is 12.1 Å². The third kappa shape index (κ3) is 1.17. The maximum Gasteiger partial charge on any atom is 0.118 e. The van der Waals surface area contributed by atoms with Gasteiger partial charge in [0, 0.05) is 18.8 Å². The molecule has 2 aliphatic heterocycles. The van der Waals surface area contributed by atoms with Gasteiger partial charge >= 0.3 is 0 Å². The molecular formula is C10H8N2O2S2. The zero-order valence-corrected chi connectivity index (χ0v) is 9.88. The summed E-state index contributed by atoms with van der Waals surface area (Å²) in [7, 11) is 1.26. The SMILES string of the molecule is c1coc(C2CC3=NOS4=C3C(=NS4)C2)c1. The number of hydrogen-bond acceptors (Lipinski definition) is 5. The first-order chi connectivity index (χ1) is 7.92. The lowest BCUT2D eigenvalue weighted by Gasteiger charge is -2.20. The molecular weight excluding hydrogens is 244 g/mol. The van der Waals surface area contributed by atoms with Gasteiger partial charge in [-0.05, 0) is 12.1 Å². The van der Waals surface area contributed by atoms with Crippen molar-refractivity contribution in [3.63, 3.8) is 0 Å². The molecule has 2 atom stereocenters. The molecule has 4 rings (SSSR count). The van der Waals surface area contributed by atoms with Crippen molar-refractivity contribution in [2.75, 3.05) is 0 Å².